The molecule has 0 radical (unpaired) electrons. The number of carbonyl (C=O) groups is 2. The van der Waals surface area contributed by atoms with E-state index in [0.29, 0.717) is 12.8 Å². The fourth-order valence-electron chi connectivity index (χ4n) is 4.65. The summed E-state index contributed by atoms with van der Waals surface area (Å²) in [5.74, 6) is 0.112. The van der Waals surface area contributed by atoms with Gasteiger partial charge in [-0.1, -0.05) is 15.9 Å². The number of Topliss-reactive ketones (excluding diaryl/α,β-unsaturated/α-hetero) is 2. The van der Waals surface area contributed by atoms with Crippen LogP contribution in [0.5, 0.6) is 0 Å². The standard InChI is InChI=1S/C21H19BrN2O2/c22-11-7-8-14-12(9-11)13(10-23-14)19-20-15(3-1-5-17(20)25)24-16-4-2-6-18(26)21(16)19/h7-10,19,23-24H,1-6H2. The molecule has 5 rings (SSSR count). The monoisotopic (exact) mass is 410 g/mol. The Labute approximate surface area is 159 Å². The quantitative estimate of drug-likeness (QED) is 0.719. The number of allylic oxidation sites excluding steroid dienone is 4. The van der Waals surface area contributed by atoms with Crippen LogP contribution >= 0.6 is 15.9 Å². The number of hydrogen-bond donors (Lipinski definition) is 2. The van der Waals surface area contributed by atoms with Gasteiger partial charge in [0.05, 0.1) is 0 Å². The second-order valence-corrected chi connectivity index (χ2v) is 8.25. The van der Waals surface area contributed by atoms with Crippen LogP contribution in [0.15, 0.2) is 51.4 Å². The van der Waals surface area contributed by atoms with Crippen molar-refractivity contribution in [3.63, 3.8) is 0 Å². The molecule has 2 N–H and O–H groups in total. The van der Waals surface area contributed by atoms with Crippen LogP contribution in [0.25, 0.3) is 10.9 Å². The van der Waals surface area contributed by atoms with Gasteiger partial charge < -0.3 is 10.3 Å². The van der Waals surface area contributed by atoms with E-state index in [4.69, 9.17) is 0 Å². The summed E-state index contributed by atoms with van der Waals surface area (Å²) in [7, 11) is 0. The van der Waals surface area contributed by atoms with Gasteiger partial charge in [-0.2, -0.15) is 0 Å². The number of nitrogens with one attached hydrogen (secondary N) is 2. The SMILES string of the molecule is O=C1CCCC2=C1C(c1c[nH]c3ccc(Br)cc13)C1=C(CCCC1=O)N2. The number of dihydropyridines is 1. The van der Waals surface area contributed by atoms with Crippen LogP contribution in [0.2, 0.25) is 0 Å². The molecule has 2 aromatic rings. The summed E-state index contributed by atoms with van der Waals surface area (Å²) in [5, 5.41) is 4.54. The molecule has 0 fully saturated rings. The Hall–Kier alpha value is -2.14. The summed E-state index contributed by atoms with van der Waals surface area (Å²) in [6, 6.07) is 6.10. The van der Waals surface area contributed by atoms with Gasteiger partial charge in [0.15, 0.2) is 11.6 Å². The second kappa shape index (κ2) is 5.95. The maximum Gasteiger partial charge on any atom is 0.161 e. The number of fused-ring (bicyclic) bond motifs is 1. The smallest absolute Gasteiger partial charge is 0.161 e. The molecule has 5 heteroatoms. The molecule has 1 aromatic heterocycles. The molecule has 0 bridgehead atoms. The van der Waals surface area contributed by atoms with Crippen molar-refractivity contribution in [2.45, 2.75) is 44.4 Å². The number of benzene rings is 1. The molecular formula is C21H19BrN2O2. The van der Waals surface area contributed by atoms with Gasteiger partial charge in [-0.25, -0.2) is 0 Å². The predicted molar refractivity (Wildman–Crippen MR) is 104 cm³/mol. The third-order valence-electron chi connectivity index (χ3n) is 5.78. The van der Waals surface area contributed by atoms with E-state index < -0.39 is 0 Å². The summed E-state index contributed by atoms with van der Waals surface area (Å²) in [6.07, 6.45) is 6.65. The molecule has 2 heterocycles. The maximum atomic E-state index is 12.9. The van der Waals surface area contributed by atoms with Crippen LogP contribution in [0.3, 0.4) is 0 Å². The number of aromatic nitrogens is 1. The van der Waals surface area contributed by atoms with E-state index in [1.165, 1.54) is 0 Å². The molecule has 0 amide bonds. The largest absolute Gasteiger partial charge is 0.362 e. The number of rotatable bonds is 1. The Bertz CT molecular complexity index is 986. The van der Waals surface area contributed by atoms with E-state index in [1.807, 2.05) is 18.3 Å². The first-order chi connectivity index (χ1) is 12.6. The molecule has 0 unspecified atom stereocenters. The van der Waals surface area contributed by atoms with Gasteiger partial charge in [0.25, 0.3) is 0 Å². The molecule has 4 nitrogen and oxygen atoms in total. The lowest BCUT2D eigenvalue weighted by atomic mass is 9.71. The molecule has 0 atom stereocenters. The van der Waals surface area contributed by atoms with Crippen molar-refractivity contribution in [1.29, 1.82) is 0 Å². The van der Waals surface area contributed by atoms with Gasteiger partial charge in [-0.3, -0.25) is 9.59 Å². The van der Waals surface area contributed by atoms with Gasteiger partial charge in [-0.05, 0) is 49.4 Å². The molecule has 1 aromatic carbocycles. The lowest BCUT2D eigenvalue weighted by Crippen LogP contribution is -2.36. The number of halogens is 1. The highest BCUT2D eigenvalue weighted by Gasteiger charge is 2.40. The highest BCUT2D eigenvalue weighted by molar-refractivity contribution is 9.10. The average molecular weight is 411 g/mol. The minimum absolute atomic E-state index is 0.179. The molecule has 2 aliphatic carbocycles. The minimum Gasteiger partial charge on any atom is -0.362 e. The van der Waals surface area contributed by atoms with Crippen molar-refractivity contribution >= 4 is 38.4 Å². The normalized spacial score (nSPS) is 21.1. The van der Waals surface area contributed by atoms with E-state index >= 15 is 0 Å². The summed E-state index contributed by atoms with van der Waals surface area (Å²) < 4.78 is 0.994. The summed E-state index contributed by atoms with van der Waals surface area (Å²) in [6.45, 7) is 0. The van der Waals surface area contributed by atoms with Crippen molar-refractivity contribution < 1.29 is 9.59 Å². The zero-order chi connectivity index (χ0) is 17.8. The molecule has 132 valence electrons. The molecule has 3 aliphatic rings. The third kappa shape index (κ3) is 2.33. The lowest BCUT2D eigenvalue weighted by molar-refractivity contribution is -0.116. The van der Waals surface area contributed by atoms with E-state index in [9.17, 15) is 9.59 Å². The Balaban J connectivity index is 1.78. The zero-order valence-electron chi connectivity index (χ0n) is 14.3. The van der Waals surface area contributed by atoms with Gasteiger partial charge in [0.2, 0.25) is 0 Å². The molecule has 0 saturated carbocycles. The zero-order valence-corrected chi connectivity index (χ0v) is 15.9. The summed E-state index contributed by atoms with van der Waals surface area (Å²) in [4.78, 5) is 29.1. The van der Waals surface area contributed by atoms with Crippen LogP contribution in [0.4, 0.5) is 0 Å². The molecular weight excluding hydrogens is 392 g/mol. The van der Waals surface area contributed by atoms with E-state index in [0.717, 1.165) is 69.2 Å². The fraction of sp³-hybridized carbons (Fsp3) is 0.333. The van der Waals surface area contributed by atoms with Gasteiger partial charge in [-0.15, -0.1) is 0 Å². The number of ketones is 2. The first-order valence-corrected chi connectivity index (χ1v) is 9.99. The van der Waals surface area contributed by atoms with Gasteiger partial charge in [0, 0.05) is 62.9 Å². The number of carbonyl (C=O) groups excluding carboxylic acids is 2. The van der Waals surface area contributed by atoms with Crippen molar-refractivity contribution in [1.82, 2.24) is 10.3 Å². The molecule has 0 saturated heterocycles. The van der Waals surface area contributed by atoms with Crippen LogP contribution in [0.1, 0.15) is 50.0 Å². The third-order valence-corrected chi connectivity index (χ3v) is 6.27. The number of H-pyrrole nitrogens is 1. The van der Waals surface area contributed by atoms with Crippen molar-refractivity contribution in [2.24, 2.45) is 0 Å². The molecule has 0 spiro atoms. The van der Waals surface area contributed by atoms with Crippen molar-refractivity contribution in [2.75, 3.05) is 0 Å². The van der Waals surface area contributed by atoms with Crippen LogP contribution in [-0.2, 0) is 9.59 Å². The topological polar surface area (TPSA) is 62.0 Å². The Kier molecular flexibility index (Phi) is 3.67. The molecule has 26 heavy (non-hydrogen) atoms. The average Bonchev–Trinajstić information content (AvgIpc) is 3.03. The van der Waals surface area contributed by atoms with Crippen molar-refractivity contribution in [3.8, 4) is 0 Å². The summed E-state index contributed by atoms with van der Waals surface area (Å²) >= 11 is 3.55. The first kappa shape index (κ1) is 16.1. The van der Waals surface area contributed by atoms with E-state index in [-0.39, 0.29) is 17.5 Å². The van der Waals surface area contributed by atoms with Crippen molar-refractivity contribution in [3.05, 3.63) is 57.0 Å². The van der Waals surface area contributed by atoms with Crippen LogP contribution in [0, 0.1) is 0 Å². The van der Waals surface area contributed by atoms with Gasteiger partial charge >= 0.3 is 0 Å². The Morgan fingerprint density at radius 1 is 0.923 bits per heavy atom. The highest BCUT2D eigenvalue weighted by Crippen LogP contribution is 2.46. The van der Waals surface area contributed by atoms with E-state index in [2.05, 4.69) is 32.3 Å². The van der Waals surface area contributed by atoms with Gasteiger partial charge in [0.1, 0.15) is 0 Å². The van der Waals surface area contributed by atoms with E-state index in [1.54, 1.807) is 0 Å². The Morgan fingerprint density at radius 3 is 2.23 bits per heavy atom. The number of aromatic amines is 1. The fourth-order valence-corrected chi connectivity index (χ4v) is 5.01. The Morgan fingerprint density at radius 2 is 1.58 bits per heavy atom. The predicted octanol–water partition coefficient (Wildman–Crippen LogP) is 4.63. The minimum atomic E-state index is -0.245. The highest BCUT2D eigenvalue weighted by atomic mass is 79.9. The maximum absolute atomic E-state index is 12.9. The molecule has 1 aliphatic heterocycles. The number of hydrogen-bond acceptors (Lipinski definition) is 3. The van der Waals surface area contributed by atoms with Crippen LogP contribution in [-0.4, -0.2) is 16.6 Å². The van der Waals surface area contributed by atoms with Crippen LogP contribution < -0.4 is 5.32 Å². The lowest BCUT2D eigenvalue weighted by Gasteiger charge is -2.37. The second-order valence-electron chi connectivity index (χ2n) is 7.33. The first-order valence-electron chi connectivity index (χ1n) is 9.19. The summed E-state index contributed by atoms with van der Waals surface area (Å²) in [5.41, 5.74) is 5.75.